The number of hydrogen-bond acceptors (Lipinski definition) is 2. The number of carboxylic acid groups (broad SMARTS) is 1. The molecule has 0 bridgehead atoms. The van der Waals surface area contributed by atoms with Crippen LogP contribution >= 0.6 is 0 Å². The van der Waals surface area contributed by atoms with Gasteiger partial charge in [0.15, 0.2) is 11.1 Å². The summed E-state index contributed by atoms with van der Waals surface area (Å²) in [6.07, 6.45) is 0. The topological polar surface area (TPSA) is 74.6 Å². The Labute approximate surface area is 71.1 Å². The molecule has 0 saturated carbocycles. The molecule has 64 valence electrons. The van der Waals surface area contributed by atoms with Crippen LogP contribution < -0.4 is 0 Å². The van der Waals surface area contributed by atoms with Gasteiger partial charge in [0, 0.05) is 0 Å². The van der Waals surface area contributed by atoms with Crippen molar-refractivity contribution in [3.63, 3.8) is 0 Å². The fraction of sp³-hybridized carbons (Fsp3) is 0. The summed E-state index contributed by atoms with van der Waals surface area (Å²) < 4.78 is 19.0. The molecule has 1 unspecified atom stereocenters. The summed E-state index contributed by atoms with van der Waals surface area (Å²) in [7, 11) is 0. The highest BCUT2D eigenvalue weighted by molar-refractivity contribution is 7.79. The molecule has 5 heteroatoms. The van der Waals surface area contributed by atoms with Crippen molar-refractivity contribution in [2.75, 3.05) is 0 Å². The normalized spacial score (nSPS) is 12.4. The number of rotatable bonds is 2. The zero-order valence-electron chi connectivity index (χ0n) is 5.93. The Morgan fingerprint density at radius 3 is 2.08 bits per heavy atom. The maximum Gasteiger partial charge on any atom is 0.335 e. The Morgan fingerprint density at radius 1 is 1.25 bits per heavy atom. The van der Waals surface area contributed by atoms with Gasteiger partial charge in [-0.15, -0.1) is 0 Å². The molecule has 0 aliphatic carbocycles. The van der Waals surface area contributed by atoms with Crippen LogP contribution in [0.1, 0.15) is 10.4 Å². The minimum absolute atomic E-state index is 0.101. The Hall–Kier alpha value is -1.20. The van der Waals surface area contributed by atoms with Gasteiger partial charge in [-0.1, -0.05) is 0 Å². The van der Waals surface area contributed by atoms with Crippen molar-refractivity contribution in [3.05, 3.63) is 29.8 Å². The predicted octanol–water partition coefficient (Wildman–Crippen LogP) is 0.965. The van der Waals surface area contributed by atoms with Crippen LogP contribution in [0.5, 0.6) is 0 Å². The maximum atomic E-state index is 10.4. The molecule has 1 aromatic carbocycles. The van der Waals surface area contributed by atoms with E-state index in [1.165, 1.54) is 24.3 Å². The van der Waals surface area contributed by atoms with E-state index in [2.05, 4.69) is 0 Å². The summed E-state index contributed by atoms with van der Waals surface area (Å²) >= 11 is -2.04. The van der Waals surface area contributed by atoms with Crippen molar-refractivity contribution in [1.29, 1.82) is 0 Å². The first-order valence-corrected chi connectivity index (χ1v) is 4.16. The fourth-order valence-electron chi connectivity index (χ4n) is 0.714. The Bertz CT molecular complexity index is 284. The molecule has 0 aromatic heterocycles. The third-order valence-corrected chi connectivity index (χ3v) is 1.98. The molecule has 1 aromatic rings. The van der Waals surface area contributed by atoms with E-state index in [1.807, 2.05) is 0 Å². The summed E-state index contributed by atoms with van der Waals surface area (Å²) in [4.78, 5) is 10.5. The molecule has 0 radical (unpaired) electrons. The maximum absolute atomic E-state index is 10.4. The van der Waals surface area contributed by atoms with Crippen LogP contribution in [-0.2, 0) is 11.1 Å². The highest BCUT2D eigenvalue weighted by Gasteiger charge is 2.03. The predicted molar refractivity (Wildman–Crippen MR) is 42.4 cm³/mol. The molecular weight excluding hydrogens is 180 g/mol. The highest BCUT2D eigenvalue weighted by atomic mass is 32.2. The van der Waals surface area contributed by atoms with E-state index in [0.717, 1.165) is 0 Å². The Balaban J connectivity index is 3.01. The van der Waals surface area contributed by atoms with Crippen LogP contribution in [0.25, 0.3) is 0 Å². The van der Waals surface area contributed by atoms with E-state index in [9.17, 15) is 9.00 Å². The third kappa shape index (κ3) is 1.90. The number of hydrogen-bond donors (Lipinski definition) is 2. The Morgan fingerprint density at radius 2 is 1.75 bits per heavy atom. The quantitative estimate of drug-likeness (QED) is 0.675. The van der Waals surface area contributed by atoms with Gasteiger partial charge in [-0.3, -0.25) is 0 Å². The molecular formula is C7H6O4S. The lowest BCUT2D eigenvalue weighted by Gasteiger charge is -1.95. The fourth-order valence-corrected chi connectivity index (χ4v) is 1.08. The van der Waals surface area contributed by atoms with Gasteiger partial charge in [0.25, 0.3) is 0 Å². The second kappa shape index (κ2) is 3.46. The molecule has 0 amide bonds. The van der Waals surface area contributed by atoms with Crippen LogP contribution in [0, 0.1) is 0 Å². The summed E-state index contributed by atoms with van der Waals surface area (Å²) in [5, 5.41) is 8.48. The molecule has 4 nitrogen and oxygen atoms in total. The van der Waals surface area contributed by atoms with Crippen molar-refractivity contribution < 1.29 is 18.7 Å². The van der Waals surface area contributed by atoms with E-state index < -0.39 is 17.0 Å². The van der Waals surface area contributed by atoms with Gasteiger partial charge >= 0.3 is 5.97 Å². The summed E-state index contributed by atoms with van der Waals surface area (Å²) in [6.45, 7) is 0. The molecule has 0 aliphatic heterocycles. The lowest BCUT2D eigenvalue weighted by Crippen LogP contribution is -1.96. The first-order valence-electron chi connectivity index (χ1n) is 3.05. The molecule has 2 N–H and O–H groups in total. The number of carbonyl (C=O) groups is 1. The van der Waals surface area contributed by atoms with Crippen molar-refractivity contribution >= 4 is 17.0 Å². The van der Waals surface area contributed by atoms with Gasteiger partial charge in [0.1, 0.15) is 0 Å². The molecule has 1 atom stereocenters. The van der Waals surface area contributed by atoms with Gasteiger partial charge in [-0.05, 0) is 24.3 Å². The van der Waals surface area contributed by atoms with E-state index in [4.69, 9.17) is 9.66 Å². The minimum Gasteiger partial charge on any atom is -0.478 e. The van der Waals surface area contributed by atoms with Crippen LogP contribution in [0.2, 0.25) is 0 Å². The molecule has 0 aliphatic rings. The zero-order valence-corrected chi connectivity index (χ0v) is 6.75. The van der Waals surface area contributed by atoms with Crippen LogP contribution in [0.3, 0.4) is 0 Å². The van der Waals surface area contributed by atoms with Gasteiger partial charge in [0.05, 0.1) is 10.5 Å². The standard InChI is InChI=1S/C7H6O4S/c8-7(9)5-1-3-6(4-2-5)12(10)11/h1-4H,(H,8,9)(H,10,11). The molecule has 0 spiro atoms. The smallest absolute Gasteiger partial charge is 0.335 e. The van der Waals surface area contributed by atoms with Gasteiger partial charge < -0.3 is 9.66 Å². The van der Waals surface area contributed by atoms with E-state index in [1.54, 1.807) is 0 Å². The first kappa shape index (κ1) is 8.89. The largest absolute Gasteiger partial charge is 0.478 e. The number of aromatic carboxylic acids is 1. The van der Waals surface area contributed by atoms with E-state index >= 15 is 0 Å². The van der Waals surface area contributed by atoms with Gasteiger partial charge in [-0.25, -0.2) is 9.00 Å². The van der Waals surface area contributed by atoms with Crippen LogP contribution in [0.15, 0.2) is 29.2 Å². The van der Waals surface area contributed by atoms with Crippen molar-refractivity contribution in [2.45, 2.75) is 4.90 Å². The first-order chi connectivity index (χ1) is 5.61. The van der Waals surface area contributed by atoms with E-state index in [0.29, 0.717) is 0 Å². The van der Waals surface area contributed by atoms with Gasteiger partial charge in [0.2, 0.25) is 0 Å². The average molecular weight is 186 g/mol. The average Bonchev–Trinajstić information content (AvgIpc) is 2.04. The second-order valence-electron chi connectivity index (χ2n) is 2.08. The van der Waals surface area contributed by atoms with Crippen molar-refractivity contribution in [1.82, 2.24) is 0 Å². The number of carboxylic acids is 1. The third-order valence-electron chi connectivity index (χ3n) is 1.30. The molecule has 1 rings (SSSR count). The molecule has 0 saturated heterocycles. The van der Waals surface area contributed by atoms with Gasteiger partial charge in [-0.2, -0.15) is 0 Å². The minimum atomic E-state index is -2.04. The Kier molecular flexibility index (Phi) is 2.57. The molecule has 0 heterocycles. The molecule has 12 heavy (non-hydrogen) atoms. The summed E-state index contributed by atoms with van der Waals surface area (Å²) in [5.41, 5.74) is 0.101. The van der Waals surface area contributed by atoms with E-state index in [-0.39, 0.29) is 10.5 Å². The van der Waals surface area contributed by atoms with Crippen molar-refractivity contribution in [3.8, 4) is 0 Å². The van der Waals surface area contributed by atoms with Crippen molar-refractivity contribution in [2.24, 2.45) is 0 Å². The highest BCUT2D eigenvalue weighted by Crippen LogP contribution is 2.06. The molecule has 0 fully saturated rings. The summed E-state index contributed by atoms with van der Waals surface area (Å²) in [6, 6.07) is 5.18. The number of benzene rings is 1. The van der Waals surface area contributed by atoms with Crippen LogP contribution in [0.4, 0.5) is 0 Å². The second-order valence-corrected chi connectivity index (χ2v) is 3.05. The summed E-state index contributed by atoms with van der Waals surface area (Å²) in [5.74, 6) is -1.05. The lowest BCUT2D eigenvalue weighted by molar-refractivity contribution is 0.0697. The lowest BCUT2D eigenvalue weighted by atomic mass is 10.2. The van der Waals surface area contributed by atoms with Crippen LogP contribution in [-0.4, -0.2) is 19.8 Å². The SMILES string of the molecule is O=C(O)c1ccc(S(=O)O)cc1. The zero-order chi connectivity index (χ0) is 9.14. The monoisotopic (exact) mass is 186 g/mol.